The zero-order valence-corrected chi connectivity index (χ0v) is 17.4. The third kappa shape index (κ3) is 6.68. The number of rotatable bonds is 9. The zero-order valence-electron chi connectivity index (χ0n) is 17.4. The average Bonchev–Trinajstić information content (AvgIpc) is 2.74. The van der Waals surface area contributed by atoms with Gasteiger partial charge in [0, 0.05) is 31.3 Å². The smallest absolute Gasteiger partial charge is 0.270 e. The zero-order chi connectivity index (χ0) is 20.5. The summed E-state index contributed by atoms with van der Waals surface area (Å²) in [6.07, 6.45) is 8.35. The molecular weight excluding hydrogens is 362 g/mol. The summed E-state index contributed by atoms with van der Waals surface area (Å²) in [7, 11) is 3.96. The van der Waals surface area contributed by atoms with Crippen molar-refractivity contribution in [1.29, 1.82) is 0 Å². The van der Waals surface area contributed by atoms with E-state index in [2.05, 4.69) is 26.7 Å². The highest BCUT2D eigenvalue weighted by Gasteiger charge is 2.13. The molecule has 0 radical (unpaired) electrons. The first-order valence-corrected chi connectivity index (χ1v) is 10.4. The number of anilines is 1. The van der Waals surface area contributed by atoms with Gasteiger partial charge in [0.1, 0.15) is 11.5 Å². The summed E-state index contributed by atoms with van der Waals surface area (Å²) in [5.74, 6) is 1.07. The molecule has 1 aromatic carbocycles. The summed E-state index contributed by atoms with van der Waals surface area (Å²) in [5, 5.41) is 6.33. The van der Waals surface area contributed by atoms with Crippen LogP contribution >= 0.6 is 0 Å². The van der Waals surface area contributed by atoms with Crippen LogP contribution in [-0.4, -0.2) is 54.5 Å². The number of benzene rings is 1. The van der Waals surface area contributed by atoms with Gasteiger partial charge in [0.05, 0.1) is 0 Å². The molecule has 0 bridgehead atoms. The Kier molecular flexibility index (Phi) is 7.76. The van der Waals surface area contributed by atoms with Crippen LogP contribution in [0.4, 0.5) is 5.82 Å². The first-order valence-electron chi connectivity index (χ1n) is 10.4. The molecule has 1 heterocycles. The lowest BCUT2D eigenvalue weighted by molar-refractivity contribution is 0.0946. The Morgan fingerprint density at radius 2 is 1.93 bits per heavy atom. The summed E-state index contributed by atoms with van der Waals surface area (Å²) in [6.45, 7) is 2.16. The molecule has 29 heavy (non-hydrogen) atoms. The second-order valence-corrected chi connectivity index (χ2v) is 7.67. The Morgan fingerprint density at radius 1 is 1.10 bits per heavy atom. The number of allylic oxidation sites excluding steroid dienone is 1. The van der Waals surface area contributed by atoms with Gasteiger partial charge in [-0.1, -0.05) is 42.0 Å². The molecule has 0 saturated carbocycles. The second kappa shape index (κ2) is 10.7. The largest absolute Gasteiger partial charge is 0.370 e. The molecule has 2 aromatic rings. The number of carbonyl (C=O) groups excluding carboxylic acids is 1. The SMILES string of the molecule is CN(C)CCNC(=O)c1cc(NCCC2=CCCCC2)nc(-c2ccccc2)n1. The third-order valence-corrected chi connectivity index (χ3v) is 4.97. The van der Waals surface area contributed by atoms with Gasteiger partial charge in [0.15, 0.2) is 5.82 Å². The Bertz CT molecular complexity index is 832. The molecule has 0 spiro atoms. The molecule has 1 aliphatic rings. The molecule has 6 heteroatoms. The minimum Gasteiger partial charge on any atom is -0.370 e. The van der Waals surface area contributed by atoms with Crippen molar-refractivity contribution in [3.63, 3.8) is 0 Å². The van der Waals surface area contributed by atoms with Crippen LogP contribution in [0, 0.1) is 0 Å². The van der Waals surface area contributed by atoms with Gasteiger partial charge in [-0.3, -0.25) is 4.79 Å². The van der Waals surface area contributed by atoms with Crippen molar-refractivity contribution < 1.29 is 4.79 Å². The van der Waals surface area contributed by atoms with Crippen molar-refractivity contribution in [1.82, 2.24) is 20.2 Å². The molecular formula is C23H31N5O. The normalized spacial score (nSPS) is 13.8. The maximum absolute atomic E-state index is 12.6. The van der Waals surface area contributed by atoms with E-state index in [4.69, 9.17) is 0 Å². The molecule has 2 N–H and O–H groups in total. The molecule has 3 rings (SSSR count). The molecule has 1 amide bonds. The number of amides is 1. The Labute approximate surface area is 173 Å². The lowest BCUT2D eigenvalue weighted by Crippen LogP contribution is -2.32. The third-order valence-electron chi connectivity index (χ3n) is 4.97. The highest BCUT2D eigenvalue weighted by atomic mass is 16.1. The summed E-state index contributed by atoms with van der Waals surface area (Å²) in [5.41, 5.74) is 2.80. The Morgan fingerprint density at radius 3 is 2.66 bits per heavy atom. The topological polar surface area (TPSA) is 70.2 Å². The van der Waals surface area contributed by atoms with Crippen LogP contribution in [-0.2, 0) is 0 Å². The van der Waals surface area contributed by atoms with Crippen molar-refractivity contribution in [2.24, 2.45) is 0 Å². The Hall–Kier alpha value is -2.73. The number of aromatic nitrogens is 2. The average molecular weight is 394 g/mol. The fraction of sp³-hybridized carbons (Fsp3) is 0.435. The van der Waals surface area contributed by atoms with E-state index in [1.807, 2.05) is 49.3 Å². The van der Waals surface area contributed by atoms with Crippen molar-refractivity contribution >= 4 is 11.7 Å². The van der Waals surface area contributed by atoms with Crippen LogP contribution in [0.15, 0.2) is 48.0 Å². The summed E-state index contributed by atoms with van der Waals surface area (Å²) in [6, 6.07) is 11.5. The maximum atomic E-state index is 12.6. The second-order valence-electron chi connectivity index (χ2n) is 7.67. The minimum atomic E-state index is -0.176. The van der Waals surface area contributed by atoms with Gasteiger partial charge in [0.25, 0.3) is 5.91 Å². The number of nitrogens with one attached hydrogen (secondary N) is 2. The van der Waals surface area contributed by atoms with Gasteiger partial charge in [-0.05, 0) is 46.2 Å². The van der Waals surface area contributed by atoms with E-state index < -0.39 is 0 Å². The monoisotopic (exact) mass is 393 g/mol. The molecule has 0 atom stereocenters. The molecule has 1 aliphatic carbocycles. The van der Waals surface area contributed by atoms with E-state index in [0.717, 1.165) is 25.1 Å². The minimum absolute atomic E-state index is 0.176. The summed E-state index contributed by atoms with van der Waals surface area (Å²) < 4.78 is 0. The van der Waals surface area contributed by atoms with Gasteiger partial charge in [-0.15, -0.1) is 0 Å². The highest BCUT2D eigenvalue weighted by molar-refractivity contribution is 5.93. The van der Waals surface area contributed by atoms with E-state index in [0.29, 0.717) is 23.9 Å². The number of nitrogens with zero attached hydrogens (tertiary/aromatic N) is 3. The fourth-order valence-corrected chi connectivity index (χ4v) is 3.34. The van der Waals surface area contributed by atoms with Crippen LogP contribution in [0.5, 0.6) is 0 Å². The van der Waals surface area contributed by atoms with Gasteiger partial charge in [0.2, 0.25) is 0 Å². The maximum Gasteiger partial charge on any atom is 0.270 e. The highest BCUT2D eigenvalue weighted by Crippen LogP contribution is 2.21. The molecule has 0 fully saturated rings. The molecule has 6 nitrogen and oxygen atoms in total. The number of hydrogen-bond acceptors (Lipinski definition) is 5. The molecule has 0 aliphatic heterocycles. The molecule has 1 aromatic heterocycles. The number of likely N-dealkylation sites (N-methyl/N-ethyl adjacent to an activating group) is 1. The van der Waals surface area contributed by atoms with Crippen molar-refractivity contribution in [3.05, 3.63) is 53.7 Å². The van der Waals surface area contributed by atoms with E-state index in [-0.39, 0.29) is 5.91 Å². The van der Waals surface area contributed by atoms with Crippen molar-refractivity contribution in [2.45, 2.75) is 32.1 Å². The van der Waals surface area contributed by atoms with Crippen LogP contribution in [0.1, 0.15) is 42.6 Å². The standard InChI is InChI=1S/C23H31N5O/c1-28(2)16-15-25-23(29)20-17-21(24-14-13-18-9-5-3-6-10-18)27-22(26-20)19-11-7-4-8-12-19/h4,7-9,11-12,17H,3,5-6,10,13-16H2,1-2H3,(H,25,29)(H,24,26,27). The summed E-state index contributed by atoms with van der Waals surface area (Å²) in [4.78, 5) is 23.8. The van der Waals surface area contributed by atoms with Crippen molar-refractivity contribution in [2.75, 3.05) is 39.0 Å². The lowest BCUT2D eigenvalue weighted by Gasteiger charge is -2.14. The van der Waals surface area contributed by atoms with Crippen LogP contribution in [0.3, 0.4) is 0 Å². The first kappa shape index (κ1) is 21.0. The quantitative estimate of drug-likeness (QED) is 0.635. The van der Waals surface area contributed by atoms with Crippen molar-refractivity contribution in [3.8, 4) is 11.4 Å². The molecule has 0 unspecified atom stereocenters. The van der Waals surface area contributed by atoms with Gasteiger partial charge in [-0.25, -0.2) is 9.97 Å². The molecule has 154 valence electrons. The van der Waals surface area contributed by atoms with Gasteiger partial charge < -0.3 is 15.5 Å². The van der Waals surface area contributed by atoms with E-state index >= 15 is 0 Å². The first-order chi connectivity index (χ1) is 14.1. The van der Waals surface area contributed by atoms with Gasteiger partial charge >= 0.3 is 0 Å². The van der Waals surface area contributed by atoms with E-state index in [9.17, 15) is 4.79 Å². The Balaban J connectivity index is 1.73. The predicted octanol–water partition coefficient (Wildman–Crippen LogP) is 3.74. The number of carbonyl (C=O) groups is 1. The van der Waals surface area contributed by atoms with Gasteiger partial charge in [-0.2, -0.15) is 0 Å². The van der Waals surface area contributed by atoms with E-state index in [1.165, 1.54) is 31.3 Å². The van der Waals surface area contributed by atoms with E-state index in [1.54, 1.807) is 6.07 Å². The van der Waals surface area contributed by atoms with Crippen LogP contribution in [0.2, 0.25) is 0 Å². The number of hydrogen-bond donors (Lipinski definition) is 2. The fourth-order valence-electron chi connectivity index (χ4n) is 3.34. The summed E-state index contributed by atoms with van der Waals surface area (Å²) >= 11 is 0. The lowest BCUT2D eigenvalue weighted by atomic mass is 9.97. The molecule has 0 saturated heterocycles. The predicted molar refractivity (Wildman–Crippen MR) is 118 cm³/mol. The van der Waals surface area contributed by atoms with Crippen LogP contribution in [0.25, 0.3) is 11.4 Å². The van der Waals surface area contributed by atoms with Crippen LogP contribution < -0.4 is 10.6 Å².